The Morgan fingerprint density at radius 2 is 1.96 bits per heavy atom. The van der Waals surface area contributed by atoms with Gasteiger partial charge in [0, 0.05) is 36.3 Å². The van der Waals surface area contributed by atoms with Crippen molar-refractivity contribution in [3.63, 3.8) is 0 Å². The molecule has 4 rings (SSSR count). The highest BCUT2D eigenvalue weighted by Crippen LogP contribution is 2.50. The first-order valence-electron chi connectivity index (χ1n) is 10.5. The predicted octanol–water partition coefficient (Wildman–Crippen LogP) is 4.95. The lowest BCUT2D eigenvalue weighted by Gasteiger charge is -2.46. The Kier molecular flexibility index (Phi) is 5.53. The second-order valence-corrected chi connectivity index (χ2v) is 8.52. The summed E-state index contributed by atoms with van der Waals surface area (Å²) >= 11 is 0. The molecule has 1 aliphatic heterocycles. The molecule has 144 valence electrons. The Labute approximate surface area is 162 Å². The zero-order valence-electron chi connectivity index (χ0n) is 16.5. The molecule has 0 amide bonds. The number of ether oxygens (including phenoxy) is 1. The Balaban J connectivity index is 1.45. The van der Waals surface area contributed by atoms with Crippen molar-refractivity contribution in [3.05, 3.63) is 53.9 Å². The van der Waals surface area contributed by atoms with Gasteiger partial charge in [0.1, 0.15) is 0 Å². The molecular weight excluding hydrogens is 334 g/mol. The van der Waals surface area contributed by atoms with Gasteiger partial charge in [0.2, 0.25) is 0 Å². The fourth-order valence-electron chi connectivity index (χ4n) is 5.20. The molecule has 2 aromatic rings. The zero-order valence-corrected chi connectivity index (χ0v) is 16.5. The number of aromatic nitrogens is 3. The van der Waals surface area contributed by atoms with E-state index < -0.39 is 0 Å². The number of pyridine rings is 1. The third kappa shape index (κ3) is 4.21. The maximum atomic E-state index is 6.35. The smallest absolute Gasteiger partial charge is 0.0691 e. The van der Waals surface area contributed by atoms with Crippen LogP contribution in [-0.4, -0.2) is 27.2 Å². The molecule has 4 heteroatoms. The lowest BCUT2D eigenvalue weighted by Crippen LogP contribution is -2.46. The molecule has 3 heterocycles. The number of unbranched alkanes of at least 4 members (excludes halogenated alkanes) is 1. The maximum absolute atomic E-state index is 6.35. The Morgan fingerprint density at radius 1 is 1.07 bits per heavy atom. The molecule has 1 atom stereocenters. The van der Waals surface area contributed by atoms with Crippen molar-refractivity contribution < 1.29 is 4.74 Å². The van der Waals surface area contributed by atoms with Crippen molar-refractivity contribution in [2.24, 2.45) is 0 Å². The molecule has 0 bridgehead atoms. The van der Waals surface area contributed by atoms with Gasteiger partial charge >= 0.3 is 0 Å². The molecule has 0 N–H and O–H groups in total. The minimum Gasteiger partial charge on any atom is -0.375 e. The molecule has 0 radical (unpaired) electrons. The summed E-state index contributed by atoms with van der Waals surface area (Å²) in [6.45, 7) is 2.88. The second kappa shape index (κ2) is 8.05. The maximum Gasteiger partial charge on any atom is 0.0691 e. The highest BCUT2D eigenvalue weighted by Gasteiger charge is 2.48. The van der Waals surface area contributed by atoms with E-state index in [1.807, 2.05) is 31.6 Å². The van der Waals surface area contributed by atoms with E-state index in [1.54, 1.807) is 0 Å². The summed E-state index contributed by atoms with van der Waals surface area (Å²) in [6.07, 6.45) is 17.5. The highest BCUT2D eigenvalue weighted by molar-refractivity contribution is 5.20. The van der Waals surface area contributed by atoms with Crippen molar-refractivity contribution in [2.45, 2.75) is 82.1 Å². The van der Waals surface area contributed by atoms with E-state index in [9.17, 15) is 0 Å². The topological polar surface area (TPSA) is 47.9 Å². The number of hydrogen-bond donors (Lipinski definition) is 0. The van der Waals surface area contributed by atoms with Gasteiger partial charge < -0.3 is 4.74 Å². The Hall–Kier alpha value is -1.81. The number of nitrogens with zero attached hydrogens (tertiary/aromatic N) is 3. The zero-order chi connectivity index (χ0) is 18.6. The van der Waals surface area contributed by atoms with Gasteiger partial charge in [-0.05, 0) is 64.0 Å². The largest absolute Gasteiger partial charge is 0.375 e. The van der Waals surface area contributed by atoms with Crippen LogP contribution in [0.5, 0.6) is 0 Å². The van der Waals surface area contributed by atoms with Crippen LogP contribution in [0, 0.1) is 6.92 Å². The SMILES string of the molecule is Cc1cncc(CCCC[C@@]2(c3ccccn3)CCOC3(CCCC3)C2)n1. The van der Waals surface area contributed by atoms with Crippen LogP contribution in [0.25, 0.3) is 0 Å². The molecule has 2 aliphatic rings. The highest BCUT2D eigenvalue weighted by atomic mass is 16.5. The summed E-state index contributed by atoms with van der Waals surface area (Å²) in [5.41, 5.74) is 3.67. The average molecular weight is 366 g/mol. The summed E-state index contributed by atoms with van der Waals surface area (Å²) < 4.78 is 6.35. The molecule has 0 aromatic carbocycles. The predicted molar refractivity (Wildman–Crippen MR) is 107 cm³/mol. The Morgan fingerprint density at radius 3 is 2.74 bits per heavy atom. The van der Waals surface area contributed by atoms with Crippen LogP contribution in [0.2, 0.25) is 0 Å². The van der Waals surface area contributed by atoms with Gasteiger partial charge in [0.15, 0.2) is 0 Å². The minimum absolute atomic E-state index is 0.109. The van der Waals surface area contributed by atoms with Crippen LogP contribution in [0.4, 0.5) is 0 Å². The van der Waals surface area contributed by atoms with E-state index in [4.69, 9.17) is 9.72 Å². The van der Waals surface area contributed by atoms with E-state index in [0.717, 1.165) is 43.7 Å². The van der Waals surface area contributed by atoms with E-state index in [1.165, 1.54) is 44.2 Å². The fraction of sp³-hybridized carbons (Fsp3) is 0.609. The van der Waals surface area contributed by atoms with Crippen LogP contribution in [0.3, 0.4) is 0 Å². The van der Waals surface area contributed by atoms with Gasteiger partial charge in [-0.15, -0.1) is 0 Å². The van der Waals surface area contributed by atoms with Crippen molar-refractivity contribution in [1.29, 1.82) is 0 Å². The molecule has 1 saturated carbocycles. The molecular formula is C23H31N3O. The van der Waals surface area contributed by atoms with Gasteiger partial charge in [-0.25, -0.2) is 0 Å². The van der Waals surface area contributed by atoms with Gasteiger partial charge in [-0.3, -0.25) is 15.0 Å². The summed E-state index contributed by atoms with van der Waals surface area (Å²) in [5.74, 6) is 0. The minimum atomic E-state index is 0.109. The summed E-state index contributed by atoms with van der Waals surface area (Å²) in [5, 5.41) is 0. The molecule has 1 saturated heterocycles. The summed E-state index contributed by atoms with van der Waals surface area (Å²) in [4.78, 5) is 13.7. The van der Waals surface area contributed by atoms with Gasteiger partial charge in [-0.1, -0.05) is 25.3 Å². The van der Waals surface area contributed by atoms with E-state index in [0.29, 0.717) is 0 Å². The van der Waals surface area contributed by atoms with Crippen molar-refractivity contribution in [3.8, 4) is 0 Å². The first-order valence-corrected chi connectivity index (χ1v) is 10.5. The molecule has 1 spiro atoms. The van der Waals surface area contributed by atoms with E-state index in [2.05, 4.69) is 22.1 Å². The number of aryl methyl sites for hydroxylation is 2. The first-order chi connectivity index (χ1) is 13.2. The number of hydrogen-bond acceptors (Lipinski definition) is 4. The van der Waals surface area contributed by atoms with Crippen LogP contribution in [0.1, 0.15) is 74.9 Å². The van der Waals surface area contributed by atoms with E-state index in [-0.39, 0.29) is 11.0 Å². The molecule has 27 heavy (non-hydrogen) atoms. The van der Waals surface area contributed by atoms with Crippen LogP contribution >= 0.6 is 0 Å². The molecule has 2 aromatic heterocycles. The molecule has 1 aliphatic carbocycles. The fourth-order valence-corrected chi connectivity index (χ4v) is 5.20. The van der Waals surface area contributed by atoms with Crippen LogP contribution in [-0.2, 0) is 16.6 Å². The van der Waals surface area contributed by atoms with Gasteiger partial charge in [0.25, 0.3) is 0 Å². The summed E-state index contributed by atoms with van der Waals surface area (Å²) in [7, 11) is 0. The van der Waals surface area contributed by atoms with Gasteiger partial charge in [0.05, 0.1) is 17.0 Å². The summed E-state index contributed by atoms with van der Waals surface area (Å²) in [6, 6.07) is 6.40. The lowest BCUT2D eigenvalue weighted by atomic mass is 9.67. The third-order valence-corrected chi connectivity index (χ3v) is 6.52. The first kappa shape index (κ1) is 18.5. The third-order valence-electron chi connectivity index (χ3n) is 6.52. The molecule has 4 nitrogen and oxygen atoms in total. The van der Waals surface area contributed by atoms with E-state index >= 15 is 0 Å². The quantitative estimate of drug-likeness (QED) is 0.679. The second-order valence-electron chi connectivity index (χ2n) is 8.52. The monoisotopic (exact) mass is 365 g/mol. The molecule has 0 unspecified atom stereocenters. The average Bonchev–Trinajstić information content (AvgIpc) is 3.13. The molecule has 2 fully saturated rings. The Bertz CT molecular complexity index is 742. The number of rotatable bonds is 6. The lowest BCUT2D eigenvalue weighted by molar-refractivity contribution is -0.104. The van der Waals surface area contributed by atoms with Crippen molar-refractivity contribution in [1.82, 2.24) is 15.0 Å². The van der Waals surface area contributed by atoms with Crippen molar-refractivity contribution in [2.75, 3.05) is 6.61 Å². The van der Waals surface area contributed by atoms with Gasteiger partial charge in [-0.2, -0.15) is 0 Å². The van der Waals surface area contributed by atoms with Crippen LogP contribution in [0.15, 0.2) is 36.8 Å². The van der Waals surface area contributed by atoms with Crippen LogP contribution < -0.4 is 0 Å². The normalized spacial score (nSPS) is 24.3. The standard InChI is InChI=1S/C23H31N3O/c1-19-16-24-17-20(26-19)8-2-4-10-22(21-9-3-7-14-25-21)13-15-27-23(18-22)11-5-6-12-23/h3,7,9,14,16-17H,2,4-6,8,10-13,15,18H2,1H3/t22-/m1/s1. The van der Waals surface area contributed by atoms with Crippen molar-refractivity contribution >= 4 is 0 Å².